The Hall–Kier alpha value is -3.52. The number of benzene rings is 2. The van der Waals surface area contributed by atoms with Gasteiger partial charge in [-0.15, -0.1) is 0 Å². The molecular formula is C20H22N6O2. The molecule has 0 amide bonds. The number of nitro benzene ring substituents is 1. The van der Waals surface area contributed by atoms with E-state index in [4.69, 9.17) is 0 Å². The lowest BCUT2D eigenvalue weighted by Crippen LogP contribution is -2.21. The van der Waals surface area contributed by atoms with Crippen molar-refractivity contribution in [3.63, 3.8) is 0 Å². The third-order valence-corrected chi connectivity index (χ3v) is 3.99. The Bertz CT molecular complexity index is 929. The maximum Gasteiger partial charge on any atom is 0.269 e. The lowest BCUT2D eigenvalue weighted by atomic mass is 10.1. The van der Waals surface area contributed by atoms with Gasteiger partial charge in [-0.1, -0.05) is 30.3 Å². The van der Waals surface area contributed by atoms with Gasteiger partial charge in [-0.05, 0) is 26.2 Å². The van der Waals surface area contributed by atoms with Crippen molar-refractivity contribution in [1.82, 2.24) is 14.9 Å². The van der Waals surface area contributed by atoms with E-state index in [2.05, 4.69) is 25.5 Å². The van der Waals surface area contributed by atoms with Crippen LogP contribution in [0.5, 0.6) is 0 Å². The molecule has 3 rings (SSSR count). The highest BCUT2D eigenvalue weighted by Gasteiger charge is 2.09. The molecule has 0 aliphatic rings. The molecule has 0 unspecified atom stereocenters. The minimum Gasteiger partial charge on any atom is -0.353 e. The topological polar surface area (TPSA) is 96.2 Å². The first-order valence-corrected chi connectivity index (χ1v) is 8.86. The second-order valence-corrected chi connectivity index (χ2v) is 6.49. The lowest BCUT2D eigenvalue weighted by molar-refractivity contribution is -0.384. The second-order valence-electron chi connectivity index (χ2n) is 6.49. The summed E-state index contributed by atoms with van der Waals surface area (Å²) in [4.78, 5) is 21.6. The Kier molecular flexibility index (Phi) is 6.13. The first-order valence-electron chi connectivity index (χ1n) is 8.86. The van der Waals surface area contributed by atoms with Crippen molar-refractivity contribution < 1.29 is 4.92 Å². The number of nitrogens with zero attached hydrogens (tertiary/aromatic N) is 4. The molecule has 2 N–H and O–H groups in total. The smallest absolute Gasteiger partial charge is 0.269 e. The normalized spacial score (nSPS) is 10.7. The molecule has 0 aliphatic heterocycles. The average Bonchev–Trinajstić information content (AvgIpc) is 2.68. The zero-order valence-electron chi connectivity index (χ0n) is 15.8. The van der Waals surface area contributed by atoms with Crippen molar-refractivity contribution in [2.45, 2.75) is 0 Å². The molecule has 3 aromatic rings. The molecule has 144 valence electrons. The van der Waals surface area contributed by atoms with Gasteiger partial charge in [-0.3, -0.25) is 10.1 Å². The Labute approximate surface area is 163 Å². The van der Waals surface area contributed by atoms with Crippen LogP contribution in [0, 0.1) is 10.1 Å². The summed E-state index contributed by atoms with van der Waals surface area (Å²) in [5.74, 6) is 1.13. The highest BCUT2D eigenvalue weighted by molar-refractivity contribution is 5.67. The SMILES string of the molecule is CN(C)CCNc1nc(Nc2ccc([N+](=O)[O-])cc2)cc(-c2ccccc2)n1. The maximum atomic E-state index is 10.8. The number of aromatic nitrogens is 2. The third-order valence-electron chi connectivity index (χ3n) is 3.99. The summed E-state index contributed by atoms with van der Waals surface area (Å²) in [7, 11) is 4.01. The Balaban J connectivity index is 1.86. The first kappa shape index (κ1) is 19.2. The van der Waals surface area contributed by atoms with E-state index in [0.29, 0.717) is 24.0 Å². The monoisotopic (exact) mass is 378 g/mol. The van der Waals surface area contributed by atoms with E-state index in [-0.39, 0.29) is 5.69 Å². The first-order chi connectivity index (χ1) is 13.5. The summed E-state index contributed by atoms with van der Waals surface area (Å²) in [5, 5.41) is 17.3. The molecule has 8 nitrogen and oxygen atoms in total. The summed E-state index contributed by atoms with van der Waals surface area (Å²) < 4.78 is 0. The Morgan fingerprint density at radius 3 is 2.39 bits per heavy atom. The standard InChI is InChI=1S/C20H22N6O2/c1-25(2)13-12-21-20-23-18(15-6-4-3-5-7-15)14-19(24-20)22-16-8-10-17(11-9-16)26(27)28/h3-11,14H,12-13H2,1-2H3,(H2,21,22,23,24). The molecule has 0 spiro atoms. The number of likely N-dealkylation sites (N-methyl/N-ethyl adjacent to an activating group) is 1. The quantitative estimate of drug-likeness (QED) is 0.455. The molecule has 1 heterocycles. The molecular weight excluding hydrogens is 356 g/mol. The average molecular weight is 378 g/mol. The molecule has 0 atom stereocenters. The number of rotatable bonds is 8. The van der Waals surface area contributed by atoms with Crippen LogP contribution in [0.1, 0.15) is 0 Å². The predicted octanol–water partition coefficient (Wildman–Crippen LogP) is 3.77. The summed E-state index contributed by atoms with van der Waals surface area (Å²) in [6.07, 6.45) is 0. The lowest BCUT2D eigenvalue weighted by Gasteiger charge is -2.13. The van der Waals surface area contributed by atoms with Crippen LogP contribution in [0.3, 0.4) is 0 Å². The van der Waals surface area contributed by atoms with E-state index < -0.39 is 4.92 Å². The number of hydrogen-bond acceptors (Lipinski definition) is 7. The fourth-order valence-corrected chi connectivity index (χ4v) is 2.55. The minimum atomic E-state index is -0.422. The van der Waals surface area contributed by atoms with Crippen LogP contribution in [0.4, 0.5) is 23.1 Å². The van der Waals surface area contributed by atoms with Crippen LogP contribution in [0.2, 0.25) is 0 Å². The molecule has 1 aromatic heterocycles. The van der Waals surface area contributed by atoms with Crippen molar-refractivity contribution in [3.8, 4) is 11.3 Å². The van der Waals surface area contributed by atoms with Crippen LogP contribution in [-0.2, 0) is 0 Å². The van der Waals surface area contributed by atoms with Gasteiger partial charge in [0.1, 0.15) is 5.82 Å². The number of non-ortho nitro benzene ring substituents is 1. The minimum absolute atomic E-state index is 0.0456. The summed E-state index contributed by atoms with van der Waals surface area (Å²) in [6.45, 7) is 1.56. The van der Waals surface area contributed by atoms with Crippen molar-refractivity contribution in [2.75, 3.05) is 37.8 Å². The molecule has 0 radical (unpaired) electrons. The van der Waals surface area contributed by atoms with Gasteiger partial charge in [-0.25, -0.2) is 4.98 Å². The van der Waals surface area contributed by atoms with Crippen LogP contribution in [0.15, 0.2) is 60.7 Å². The van der Waals surface area contributed by atoms with Crippen molar-refractivity contribution in [2.24, 2.45) is 0 Å². The Morgan fingerprint density at radius 2 is 1.75 bits per heavy atom. The van der Waals surface area contributed by atoms with E-state index in [1.807, 2.05) is 50.5 Å². The largest absolute Gasteiger partial charge is 0.353 e. The summed E-state index contributed by atoms with van der Waals surface area (Å²) in [5.41, 5.74) is 2.52. The molecule has 0 saturated heterocycles. The van der Waals surface area contributed by atoms with Crippen molar-refractivity contribution in [3.05, 3.63) is 70.8 Å². The van der Waals surface area contributed by atoms with Crippen LogP contribution in [-0.4, -0.2) is 47.0 Å². The molecule has 0 saturated carbocycles. The van der Waals surface area contributed by atoms with Gasteiger partial charge in [0.25, 0.3) is 5.69 Å². The second kappa shape index (κ2) is 8.92. The van der Waals surface area contributed by atoms with Gasteiger partial charge in [0.05, 0.1) is 10.6 Å². The van der Waals surface area contributed by atoms with Gasteiger partial charge in [0.15, 0.2) is 0 Å². The van der Waals surface area contributed by atoms with Gasteiger partial charge in [-0.2, -0.15) is 4.98 Å². The molecule has 0 aliphatic carbocycles. The van der Waals surface area contributed by atoms with E-state index in [1.54, 1.807) is 12.1 Å². The number of hydrogen-bond donors (Lipinski definition) is 2. The molecule has 0 bridgehead atoms. The molecule has 0 fully saturated rings. The summed E-state index contributed by atoms with van der Waals surface area (Å²) >= 11 is 0. The number of nitro groups is 1. The molecule has 8 heteroatoms. The predicted molar refractivity (Wildman–Crippen MR) is 111 cm³/mol. The van der Waals surface area contributed by atoms with Gasteiger partial charge in [0.2, 0.25) is 5.95 Å². The fraction of sp³-hybridized carbons (Fsp3) is 0.200. The maximum absolute atomic E-state index is 10.8. The highest BCUT2D eigenvalue weighted by Crippen LogP contribution is 2.24. The van der Waals surface area contributed by atoms with Crippen LogP contribution < -0.4 is 10.6 Å². The van der Waals surface area contributed by atoms with E-state index >= 15 is 0 Å². The van der Waals surface area contributed by atoms with Crippen molar-refractivity contribution in [1.29, 1.82) is 0 Å². The third kappa shape index (κ3) is 5.24. The molecule has 28 heavy (non-hydrogen) atoms. The highest BCUT2D eigenvalue weighted by atomic mass is 16.6. The zero-order chi connectivity index (χ0) is 19.9. The zero-order valence-corrected chi connectivity index (χ0v) is 15.8. The van der Waals surface area contributed by atoms with Gasteiger partial charge in [0, 0.05) is 42.5 Å². The molecule has 2 aromatic carbocycles. The van der Waals surface area contributed by atoms with Gasteiger partial charge < -0.3 is 15.5 Å². The number of anilines is 3. The van der Waals surface area contributed by atoms with Gasteiger partial charge >= 0.3 is 0 Å². The fourth-order valence-electron chi connectivity index (χ4n) is 2.55. The number of nitrogens with one attached hydrogen (secondary N) is 2. The van der Waals surface area contributed by atoms with E-state index in [1.165, 1.54) is 12.1 Å². The van der Waals surface area contributed by atoms with Crippen LogP contribution >= 0.6 is 0 Å². The van der Waals surface area contributed by atoms with Crippen molar-refractivity contribution >= 4 is 23.1 Å². The summed E-state index contributed by atoms with van der Waals surface area (Å²) in [6, 6.07) is 17.9. The Morgan fingerprint density at radius 1 is 1.04 bits per heavy atom. The van der Waals surface area contributed by atoms with Crippen LogP contribution in [0.25, 0.3) is 11.3 Å². The van der Waals surface area contributed by atoms with E-state index in [0.717, 1.165) is 17.8 Å². The van der Waals surface area contributed by atoms with E-state index in [9.17, 15) is 10.1 Å².